The van der Waals surface area contributed by atoms with E-state index in [2.05, 4.69) is 46.4 Å². The van der Waals surface area contributed by atoms with Gasteiger partial charge in [-0.25, -0.2) is 0 Å². The molecule has 1 rings (SSSR count). The molecule has 0 amide bonds. The average Bonchev–Trinajstić information content (AvgIpc) is 2.22. The van der Waals surface area contributed by atoms with Gasteiger partial charge in [0, 0.05) is 19.6 Å². The summed E-state index contributed by atoms with van der Waals surface area (Å²) in [6.07, 6.45) is 5.37. The van der Waals surface area contributed by atoms with Crippen molar-refractivity contribution in [1.82, 2.24) is 4.90 Å². The molecule has 1 heteroatoms. The molecule has 1 nitrogen and oxygen atoms in total. The van der Waals surface area contributed by atoms with Crippen molar-refractivity contribution in [2.45, 2.75) is 67.2 Å². The van der Waals surface area contributed by atoms with Crippen LogP contribution in [-0.2, 0) is 0 Å². The van der Waals surface area contributed by atoms with Gasteiger partial charge in [-0.15, -0.1) is 0 Å². The zero-order chi connectivity index (χ0) is 13.1. The minimum atomic E-state index is 0.505. The highest BCUT2D eigenvalue weighted by atomic mass is 15.2. The van der Waals surface area contributed by atoms with E-state index in [1.54, 1.807) is 0 Å². The summed E-state index contributed by atoms with van der Waals surface area (Å²) in [7, 11) is 0. The summed E-state index contributed by atoms with van der Waals surface area (Å²) < 4.78 is 0. The molecule has 1 heterocycles. The Morgan fingerprint density at radius 1 is 1.12 bits per heavy atom. The maximum absolute atomic E-state index is 2.68. The molecule has 1 aliphatic rings. The van der Waals surface area contributed by atoms with Gasteiger partial charge in [0.05, 0.1) is 0 Å². The van der Waals surface area contributed by atoms with E-state index in [1.165, 1.54) is 45.3 Å². The lowest BCUT2D eigenvalue weighted by Crippen LogP contribution is -2.57. The van der Waals surface area contributed by atoms with E-state index >= 15 is 0 Å². The molecule has 1 saturated heterocycles. The van der Waals surface area contributed by atoms with Crippen LogP contribution in [0.15, 0.2) is 0 Å². The van der Waals surface area contributed by atoms with Crippen molar-refractivity contribution in [3.05, 3.63) is 0 Å². The molecule has 1 atom stereocenters. The number of nitrogens with zero attached hydrogens (tertiary/aromatic N) is 1. The third-order valence-corrected chi connectivity index (χ3v) is 5.38. The van der Waals surface area contributed by atoms with Crippen molar-refractivity contribution in [3.63, 3.8) is 0 Å². The predicted octanol–water partition coefficient (Wildman–Crippen LogP) is 4.57. The molecule has 17 heavy (non-hydrogen) atoms. The molecule has 102 valence electrons. The molecule has 0 bridgehead atoms. The topological polar surface area (TPSA) is 3.24 Å². The van der Waals surface area contributed by atoms with Crippen molar-refractivity contribution in [2.75, 3.05) is 19.6 Å². The first-order valence-electron chi connectivity index (χ1n) is 7.61. The van der Waals surface area contributed by atoms with Gasteiger partial charge in [-0.05, 0) is 36.0 Å². The lowest BCUT2D eigenvalue weighted by Gasteiger charge is -2.52. The second-order valence-corrected chi connectivity index (χ2v) is 7.02. The van der Waals surface area contributed by atoms with Gasteiger partial charge in [-0.1, -0.05) is 48.0 Å². The quantitative estimate of drug-likeness (QED) is 0.629. The van der Waals surface area contributed by atoms with Crippen molar-refractivity contribution < 1.29 is 0 Å². The molecule has 1 fully saturated rings. The SMILES string of the molecule is CCCC(C)(C)C(C)CN1CC(CC)(CC)C1. The van der Waals surface area contributed by atoms with Gasteiger partial charge >= 0.3 is 0 Å². The van der Waals surface area contributed by atoms with Gasteiger partial charge < -0.3 is 4.90 Å². The molecule has 0 aromatic carbocycles. The molecule has 1 aliphatic heterocycles. The highest BCUT2D eigenvalue weighted by Crippen LogP contribution is 2.39. The van der Waals surface area contributed by atoms with Gasteiger partial charge in [0.25, 0.3) is 0 Å². The molecule has 0 saturated carbocycles. The normalized spacial score (nSPS) is 22.2. The molecule has 0 spiro atoms. The standard InChI is InChI=1S/C16H33N/c1-7-10-15(5,6)14(4)11-17-12-16(8-2,9-3)13-17/h14H,7-13H2,1-6H3. The van der Waals surface area contributed by atoms with Crippen LogP contribution in [0.1, 0.15) is 67.2 Å². The van der Waals surface area contributed by atoms with Crippen LogP contribution >= 0.6 is 0 Å². The van der Waals surface area contributed by atoms with Crippen LogP contribution in [-0.4, -0.2) is 24.5 Å². The highest BCUT2D eigenvalue weighted by Gasteiger charge is 2.41. The monoisotopic (exact) mass is 239 g/mol. The van der Waals surface area contributed by atoms with Crippen molar-refractivity contribution in [2.24, 2.45) is 16.7 Å². The second-order valence-electron chi connectivity index (χ2n) is 7.02. The predicted molar refractivity (Wildman–Crippen MR) is 77.3 cm³/mol. The van der Waals surface area contributed by atoms with E-state index in [-0.39, 0.29) is 0 Å². The minimum Gasteiger partial charge on any atom is -0.302 e. The lowest BCUT2D eigenvalue weighted by atomic mass is 9.72. The molecule has 0 radical (unpaired) electrons. The van der Waals surface area contributed by atoms with E-state index in [9.17, 15) is 0 Å². The summed E-state index contributed by atoms with van der Waals surface area (Å²) in [6, 6.07) is 0. The van der Waals surface area contributed by atoms with Gasteiger partial charge in [0.1, 0.15) is 0 Å². The molecule has 0 aromatic rings. The molecule has 0 N–H and O–H groups in total. The first kappa shape index (κ1) is 15.0. The molecule has 0 aliphatic carbocycles. The Balaban J connectivity index is 2.38. The van der Waals surface area contributed by atoms with Crippen molar-refractivity contribution >= 4 is 0 Å². The van der Waals surface area contributed by atoms with Crippen LogP contribution in [0.2, 0.25) is 0 Å². The number of hydrogen-bond donors (Lipinski definition) is 0. The van der Waals surface area contributed by atoms with E-state index in [4.69, 9.17) is 0 Å². The van der Waals surface area contributed by atoms with Gasteiger partial charge in [0.2, 0.25) is 0 Å². The Morgan fingerprint density at radius 2 is 1.65 bits per heavy atom. The highest BCUT2D eigenvalue weighted by molar-refractivity contribution is 4.94. The minimum absolute atomic E-state index is 0.505. The van der Waals surface area contributed by atoms with E-state index in [1.807, 2.05) is 0 Å². The zero-order valence-corrected chi connectivity index (χ0v) is 13.0. The Morgan fingerprint density at radius 3 is 2.06 bits per heavy atom. The van der Waals surface area contributed by atoms with Crippen molar-refractivity contribution in [3.8, 4) is 0 Å². The second kappa shape index (κ2) is 5.73. The van der Waals surface area contributed by atoms with Crippen LogP contribution in [0.4, 0.5) is 0 Å². The van der Waals surface area contributed by atoms with Gasteiger partial charge in [-0.2, -0.15) is 0 Å². The summed E-state index contributed by atoms with van der Waals surface area (Å²) in [5.74, 6) is 0.814. The summed E-state index contributed by atoms with van der Waals surface area (Å²) in [4.78, 5) is 2.68. The van der Waals surface area contributed by atoms with Crippen LogP contribution in [0, 0.1) is 16.7 Å². The molecule has 0 aromatic heterocycles. The Kier molecular flexibility index (Phi) is 5.07. The fourth-order valence-electron chi connectivity index (χ4n) is 3.25. The first-order valence-corrected chi connectivity index (χ1v) is 7.61. The van der Waals surface area contributed by atoms with Crippen molar-refractivity contribution in [1.29, 1.82) is 0 Å². The zero-order valence-electron chi connectivity index (χ0n) is 13.0. The Labute approximate surface area is 109 Å². The van der Waals surface area contributed by atoms with Gasteiger partial charge in [-0.3, -0.25) is 0 Å². The Bertz CT molecular complexity index is 220. The third-order valence-electron chi connectivity index (χ3n) is 5.38. The first-order chi connectivity index (χ1) is 7.89. The summed E-state index contributed by atoms with van der Waals surface area (Å²) in [6.45, 7) is 18.3. The molecular formula is C16H33N. The Hall–Kier alpha value is -0.0400. The smallest absolute Gasteiger partial charge is 0.00504 e. The fraction of sp³-hybridized carbons (Fsp3) is 1.00. The molecular weight excluding hydrogens is 206 g/mol. The van der Waals surface area contributed by atoms with E-state index in [0.29, 0.717) is 10.8 Å². The van der Waals surface area contributed by atoms with Gasteiger partial charge in [0.15, 0.2) is 0 Å². The maximum atomic E-state index is 2.68. The lowest BCUT2D eigenvalue weighted by molar-refractivity contribution is -0.0275. The fourth-order valence-corrected chi connectivity index (χ4v) is 3.25. The van der Waals surface area contributed by atoms with Crippen LogP contribution in [0.3, 0.4) is 0 Å². The average molecular weight is 239 g/mol. The third kappa shape index (κ3) is 3.47. The number of rotatable bonds is 7. The van der Waals surface area contributed by atoms with E-state index in [0.717, 1.165) is 5.92 Å². The molecule has 1 unspecified atom stereocenters. The summed E-state index contributed by atoms with van der Waals surface area (Å²) in [5.41, 5.74) is 1.17. The van der Waals surface area contributed by atoms with Crippen LogP contribution < -0.4 is 0 Å². The summed E-state index contributed by atoms with van der Waals surface area (Å²) in [5, 5.41) is 0. The largest absolute Gasteiger partial charge is 0.302 e. The van der Waals surface area contributed by atoms with Crippen LogP contribution in [0.5, 0.6) is 0 Å². The number of likely N-dealkylation sites (tertiary alicyclic amines) is 1. The number of hydrogen-bond acceptors (Lipinski definition) is 1. The summed E-state index contributed by atoms with van der Waals surface area (Å²) >= 11 is 0. The van der Waals surface area contributed by atoms with Crippen LogP contribution in [0.25, 0.3) is 0 Å². The van der Waals surface area contributed by atoms with E-state index < -0.39 is 0 Å². The maximum Gasteiger partial charge on any atom is 0.00504 e.